The third-order valence-electron chi connectivity index (χ3n) is 2.25. The fraction of sp³-hybridized carbons (Fsp3) is 0.167. The Bertz CT molecular complexity index is 577. The Morgan fingerprint density at radius 2 is 2.17 bits per heavy atom. The molecule has 0 fully saturated rings. The van der Waals surface area contributed by atoms with Crippen molar-refractivity contribution in [2.24, 2.45) is 0 Å². The molecule has 1 aromatic carbocycles. The molecule has 4 nitrogen and oxygen atoms in total. The molecule has 0 saturated carbocycles. The van der Waals surface area contributed by atoms with Crippen LogP contribution in [0.15, 0.2) is 28.9 Å². The van der Waals surface area contributed by atoms with E-state index in [0.29, 0.717) is 11.8 Å². The van der Waals surface area contributed by atoms with Crippen LogP contribution in [0.5, 0.6) is 11.6 Å². The highest BCUT2D eigenvalue weighted by Gasteiger charge is 2.10. The van der Waals surface area contributed by atoms with Crippen molar-refractivity contribution < 1.29 is 9.13 Å². The van der Waals surface area contributed by atoms with Crippen LogP contribution in [-0.2, 0) is 0 Å². The number of ether oxygens (including phenoxy) is 1. The maximum Gasteiger partial charge on any atom is 0.227 e. The molecule has 6 heteroatoms. The van der Waals surface area contributed by atoms with Gasteiger partial charge in [0.2, 0.25) is 11.8 Å². The number of aromatic nitrogens is 2. The summed E-state index contributed by atoms with van der Waals surface area (Å²) in [5, 5.41) is 2.80. The van der Waals surface area contributed by atoms with Crippen LogP contribution < -0.4 is 10.1 Å². The van der Waals surface area contributed by atoms with Gasteiger partial charge in [0.1, 0.15) is 0 Å². The van der Waals surface area contributed by atoms with Gasteiger partial charge in [-0.1, -0.05) is 15.9 Å². The number of nitrogens with one attached hydrogen (secondary N) is 1. The van der Waals surface area contributed by atoms with Crippen LogP contribution in [0, 0.1) is 12.7 Å². The third-order valence-corrected chi connectivity index (χ3v) is 2.74. The number of halogens is 2. The first-order valence-electron chi connectivity index (χ1n) is 5.24. The van der Waals surface area contributed by atoms with E-state index in [1.54, 1.807) is 32.3 Å². The molecule has 0 amide bonds. The number of benzene rings is 1. The van der Waals surface area contributed by atoms with Gasteiger partial charge in [0.15, 0.2) is 11.6 Å². The molecule has 2 aromatic rings. The first kappa shape index (κ1) is 12.8. The van der Waals surface area contributed by atoms with Crippen LogP contribution in [0.2, 0.25) is 0 Å². The highest BCUT2D eigenvalue weighted by molar-refractivity contribution is 9.10. The summed E-state index contributed by atoms with van der Waals surface area (Å²) in [4.78, 5) is 8.16. The zero-order valence-corrected chi connectivity index (χ0v) is 11.5. The molecule has 1 N–H and O–H groups in total. The first-order valence-corrected chi connectivity index (χ1v) is 6.03. The minimum absolute atomic E-state index is 0.119. The molecule has 18 heavy (non-hydrogen) atoms. The Hall–Kier alpha value is -1.69. The molecule has 0 unspecified atom stereocenters. The quantitative estimate of drug-likeness (QED) is 0.942. The predicted octanol–water partition coefficient (Wildman–Crippen LogP) is 3.52. The normalized spacial score (nSPS) is 10.2. The molecule has 0 aliphatic carbocycles. The Kier molecular flexibility index (Phi) is 3.76. The summed E-state index contributed by atoms with van der Waals surface area (Å²) in [6, 6.07) is 4.49. The van der Waals surface area contributed by atoms with Crippen LogP contribution in [0.1, 0.15) is 5.56 Å². The average molecular weight is 312 g/mol. The van der Waals surface area contributed by atoms with Crippen LogP contribution in [-0.4, -0.2) is 17.0 Å². The SMILES string of the molecule is CNc1ncc(C)c(Oc2cc(Br)ccc2F)n1. The van der Waals surface area contributed by atoms with Gasteiger partial charge in [-0.05, 0) is 25.1 Å². The summed E-state index contributed by atoms with van der Waals surface area (Å²) < 4.78 is 19.8. The van der Waals surface area contributed by atoms with Gasteiger partial charge in [0.05, 0.1) is 0 Å². The standard InChI is InChI=1S/C12H11BrFN3O/c1-7-6-16-12(15-2)17-11(7)18-10-5-8(13)3-4-9(10)14/h3-6H,1-2H3,(H,15,16,17). The van der Waals surface area contributed by atoms with Crippen molar-refractivity contribution in [3.63, 3.8) is 0 Å². The molecule has 1 heterocycles. The van der Waals surface area contributed by atoms with Crippen LogP contribution in [0.4, 0.5) is 10.3 Å². The van der Waals surface area contributed by atoms with Crippen molar-refractivity contribution in [1.82, 2.24) is 9.97 Å². The Labute approximate surface area is 112 Å². The summed E-state index contributed by atoms with van der Waals surface area (Å²) in [6.45, 7) is 1.80. The smallest absolute Gasteiger partial charge is 0.227 e. The molecule has 0 aliphatic heterocycles. The number of aryl methyl sites for hydroxylation is 1. The number of hydrogen-bond donors (Lipinski definition) is 1. The Morgan fingerprint density at radius 3 is 2.89 bits per heavy atom. The largest absolute Gasteiger partial charge is 0.435 e. The molecule has 0 aliphatic rings. The molecular formula is C12H11BrFN3O. The molecule has 1 aromatic heterocycles. The van der Waals surface area contributed by atoms with E-state index < -0.39 is 5.82 Å². The van der Waals surface area contributed by atoms with Crippen molar-refractivity contribution in [3.05, 3.63) is 40.2 Å². The van der Waals surface area contributed by atoms with Gasteiger partial charge in [0.25, 0.3) is 0 Å². The fourth-order valence-corrected chi connectivity index (χ4v) is 1.65. The predicted molar refractivity (Wildman–Crippen MR) is 70.5 cm³/mol. The lowest BCUT2D eigenvalue weighted by atomic mass is 10.3. The van der Waals surface area contributed by atoms with E-state index in [1.165, 1.54) is 6.07 Å². The van der Waals surface area contributed by atoms with Gasteiger partial charge in [-0.2, -0.15) is 4.98 Å². The van der Waals surface area contributed by atoms with Crippen LogP contribution >= 0.6 is 15.9 Å². The number of nitrogens with zero attached hydrogens (tertiary/aromatic N) is 2. The fourth-order valence-electron chi connectivity index (χ4n) is 1.31. The van der Waals surface area contributed by atoms with E-state index in [2.05, 4.69) is 31.2 Å². The van der Waals surface area contributed by atoms with E-state index in [4.69, 9.17) is 4.74 Å². The maximum atomic E-state index is 13.6. The van der Waals surface area contributed by atoms with E-state index in [9.17, 15) is 4.39 Å². The van der Waals surface area contributed by atoms with E-state index in [1.807, 2.05) is 0 Å². The molecule has 0 bridgehead atoms. The third kappa shape index (κ3) is 2.76. The molecule has 94 valence electrons. The summed E-state index contributed by atoms with van der Waals surface area (Å²) >= 11 is 3.26. The van der Waals surface area contributed by atoms with Crippen molar-refractivity contribution in [1.29, 1.82) is 0 Å². The molecule has 0 saturated heterocycles. The van der Waals surface area contributed by atoms with Crippen molar-refractivity contribution in [3.8, 4) is 11.6 Å². The number of anilines is 1. The minimum Gasteiger partial charge on any atom is -0.435 e. The van der Waals surface area contributed by atoms with Crippen LogP contribution in [0.25, 0.3) is 0 Å². The van der Waals surface area contributed by atoms with Crippen molar-refractivity contribution >= 4 is 21.9 Å². The number of hydrogen-bond acceptors (Lipinski definition) is 4. The average Bonchev–Trinajstić information content (AvgIpc) is 2.36. The van der Waals surface area contributed by atoms with Crippen molar-refractivity contribution in [2.75, 3.05) is 12.4 Å². The van der Waals surface area contributed by atoms with Crippen molar-refractivity contribution in [2.45, 2.75) is 6.92 Å². The molecule has 0 radical (unpaired) electrons. The van der Waals surface area contributed by atoms with Gasteiger partial charge in [-0.3, -0.25) is 0 Å². The lowest BCUT2D eigenvalue weighted by Crippen LogP contribution is -2.00. The summed E-state index contributed by atoms with van der Waals surface area (Å²) in [5.41, 5.74) is 0.730. The van der Waals surface area contributed by atoms with Gasteiger partial charge >= 0.3 is 0 Å². The summed E-state index contributed by atoms with van der Waals surface area (Å²) in [7, 11) is 1.70. The zero-order valence-electron chi connectivity index (χ0n) is 9.87. The van der Waals surface area contributed by atoms with Gasteiger partial charge in [-0.15, -0.1) is 0 Å². The molecular weight excluding hydrogens is 301 g/mol. The molecule has 0 spiro atoms. The summed E-state index contributed by atoms with van der Waals surface area (Å²) in [6.07, 6.45) is 1.62. The minimum atomic E-state index is -0.442. The molecule has 0 atom stereocenters. The molecule has 2 rings (SSSR count). The van der Waals surface area contributed by atoms with E-state index >= 15 is 0 Å². The second-order valence-electron chi connectivity index (χ2n) is 3.61. The zero-order chi connectivity index (χ0) is 13.1. The topological polar surface area (TPSA) is 47.0 Å². The second kappa shape index (κ2) is 5.30. The number of rotatable bonds is 3. The van der Waals surface area contributed by atoms with Gasteiger partial charge < -0.3 is 10.1 Å². The second-order valence-corrected chi connectivity index (χ2v) is 4.52. The highest BCUT2D eigenvalue weighted by atomic mass is 79.9. The monoisotopic (exact) mass is 311 g/mol. The highest BCUT2D eigenvalue weighted by Crippen LogP contribution is 2.28. The lowest BCUT2D eigenvalue weighted by molar-refractivity contribution is 0.423. The first-order chi connectivity index (χ1) is 8.60. The van der Waals surface area contributed by atoms with Gasteiger partial charge in [0, 0.05) is 23.3 Å². The van der Waals surface area contributed by atoms with E-state index in [-0.39, 0.29) is 5.75 Å². The Morgan fingerprint density at radius 1 is 1.39 bits per heavy atom. The van der Waals surface area contributed by atoms with E-state index in [0.717, 1.165) is 10.0 Å². The Balaban J connectivity index is 2.36. The maximum absolute atomic E-state index is 13.6. The summed E-state index contributed by atoms with van der Waals surface area (Å²) in [5.74, 6) is 0.424. The van der Waals surface area contributed by atoms with Gasteiger partial charge in [-0.25, -0.2) is 9.37 Å². The lowest BCUT2D eigenvalue weighted by Gasteiger charge is -2.09. The van der Waals surface area contributed by atoms with Crippen LogP contribution in [0.3, 0.4) is 0 Å².